The lowest BCUT2D eigenvalue weighted by atomic mass is 9.97. The second-order valence-electron chi connectivity index (χ2n) is 5.27. The molecule has 2 rings (SSSR count). The molecule has 0 aliphatic carbocycles. The fraction of sp³-hybridized carbons (Fsp3) is 0.235. The van der Waals surface area contributed by atoms with Crippen LogP contribution in [0.1, 0.15) is 23.6 Å². The van der Waals surface area contributed by atoms with Crippen molar-refractivity contribution in [2.45, 2.75) is 24.3 Å². The summed E-state index contributed by atoms with van der Waals surface area (Å²) in [5, 5.41) is 19.3. The lowest BCUT2D eigenvalue weighted by Crippen LogP contribution is -2.28. The summed E-state index contributed by atoms with van der Waals surface area (Å²) in [5.74, 6) is 0.113. The SMILES string of the molecule is Cc1ccc(S(=O)C[C@@](C)(O)c2ccc(C#N)cc2)cc1. The summed E-state index contributed by atoms with van der Waals surface area (Å²) in [7, 11) is -1.28. The van der Waals surface area contributed by atoms with Crippen molar-refractivity contribution in [3.8, 4) is 6.07 Å². The molecule has 0 fully saturated rings. The molecular formula is C17H17NO2S. The number of hydrogen-bond donors (Lipinski definition) is 1. The largest absolute Gasteiger partial charge is 0.384 e. The first-order valence-corrected chi connectivity index (χ1v) is 7.92. The van der Waals surface area contributed by atoms with Gasteiger partial charge in [-0.1, -0.05) is 29.8 Å². The molecule has 3 nitrogen and oxygen atoms in total. The van der Waals surface area contributed by atoms with Crippen LogP contribution < -0.4 is 0 Å². The van der Waals surface area contributed by atoms with Gasteiger partial charge in [-0.25, -0.2) is 0 Å². The number of hydrogen-bond acceptors (Lipinski definition) is 3. The minimum Gasteiger partial charge on any atom is -0.384 e. The fourth-order valence-corrected chi connectivity index (χ4v) is 3.30. The van der Waals surface area contributed by atoms with Crippen molar-refractivity contribution in [2.75, 3.05) is 5.75 Å². The van der Waals surface area contributed by atoms with E-state index >= 15 is 0 Å². The second kappa shape index (κ2) is 6.21. The Hall–Kier alpha value is -1.96. The zero-order chi connectivity index (χ0) is 15.5. The normalized spacial score (nSPS) is 15.0. The van der Waals surface area contributed by atoms with Crippen molar-refractivity contribution < 1.29 is 9.32 Å². The molecule has 108 valence electrons. The van der Waals surface area contributed by atoms with Crippen molar-refractivity contribution >= 4 is 10.8 Å². The molecule has 0 aromatic heterocycles. The molecule has 2 atom stereocenters. The Bertz CT molecular complexity index is 682. The Balaban J connectivity index is 2.17. The number of nitrogens with zero attached hydrogens (tertiary/aromatic N) is 1. The van der Waals surface area contributed by atoms with E-state index in [9.17, 15) is 9.32 Å². The maximum Gasteiger partial charge on any atom is 0.0991 e. The molecule has 2 aromatic rings. The van der Waals surface area contributed by atoms with E-state index in [1.165, 1.54) is 0 Å². The van der Waals surface area contributed by atoms with Crippen LogP contribution in [0.5, 0.6) is 0 Å². The van der Waals surface area contributed by atoms with Gasteiger partial charge in [0.25, 0.3) is 0 Å². The lowest BCUT2D eigenvalue weighted by molar-refractivity contribution is 0.0829. The van der Waals surface area contributed by atoms with E-state index in [-0.39, 0.29) is 5.75 Å². The summed E-state index contributed by atoms with van der Waals surface area (Å²) < 4.78 is 12.4. The van der Waals surface area contributed by atoms with E-state index in [4.69, 9.17) is 5.26 Å². The van der Waals surface area contributed by atoms with Crippen LogP contribution in [-0.4, -0.2) is 15.1 Å². The van der Waals surface area contributed by atoms with Crippen LogP contribution in [0.25, 0.3) is 0 Å². The fourth-order valence-electron chi connectivity index (χ4n) is 2.02. The van der Waals surface area contributed by atoms with Gasteiger partial charge in [0, 0.05) is 4.90 Å². The van der Waals surface area contributed by atoms with E-state index in [2.05, 4.69) is 0 Å². The van der Waals surface area contributed by atoms with Crippen molar-refractivity contribution in [3.05, 3.63) is 65.2 Å². The summed E-state index contributed by atoms with van der Waals surface area (Å²) in [6.45, 7) is 3.61. The van der Waals surface area contributed by atoms with Gasteiger partial charge in [-0.05, 0) is 43.7 Å². The van der Waals surface area contributed by atoms with Crippen LogP contribution in [0.4, 0.5) is 0 Å². The van der Waals surface area contributed by atoms with E-state index in [1.54, 1.807) is 31.2 Å². The quantitative estimate of drug-likeness (QED) is 0.944. The highest BCUT2D eigenvalue weighted by Gasteiger charge is 2.26. The lowest BCUT2D eigenvalue weighted by Gasteiger charge is -2.23. The number of benzene rings is 2. The average Bonchev–Trinajstić information content (AvgIpc) is 2.47. The minimum atomic E-state index is -1.28. The summed E-state index contributed by atoms with van der Waals surface area (Å²) in [5.41, 5.74) is 1.09. The Morgan fingerprint density at radius 2 is 1.71 bits per heavy atom. The van der Waals surface area contributed by atoms with E-state index in [1.807, 2.05) is 37.3 Å². The van der Waals surface area contributed by atoms with Crippen LogP contribution in [-0.2, 0) is 16.4 Å². The zero-order valence-electron chi connectivity index (χ0n) is 12.0. The summed E-state index contributed by atoms with van der Waals surface area (Å²) >= 11 is 0. The van der Waals surface area contributed by atoms with Gasteiger partial charge in [-0.3, -0.25) is 4.21 Å². The Morgan fingerprint density at radius 1 is 1.14 bits per heavy atom. The summed E-state index contributed by atoms with van der Waals surface area (Å²) in [6, 6.07) is 16.2. The van der Waals surface area contributed by atoms with Gasteiger partial charge in [0.2, 0.25) is 0 Å². The first kappa shape index (κ1) is 15.4. The molecule has 1 N–H and O–H groups in total. The van der Waals surface area contributed by atoms with Crippen molar-refractivity contribution in [1.29, 1.82) is 5.26 Å². The highest BCUT2D eigenvalue weighted by molar-refractivity contribution is 7.85. The number of nitriles is 1. The first-order valence-electron chi connectivity index (χ1n) is 6.60. The van der Waals surface area contributed by atoms with Gasteiger partial charge in [0.1, 0.15) is 0 Å². The van der Waals surface area contributed by atoms with Crippen LogP contribution in [0, 0.1) is 18.3 Å². The van der Waals surface area contributed by atoms with Gasteiger partial charge < -0.3 is 5.11 Å². The Kier molecular flexibility index (Phi) is 4.56. The second-order valence-corrected chi connectivity index (χ2v) is 6.72. The van der Waals surface area contributed by atoms with Gasteiger partial charge in [0.05, 0.1) is 33.8 Å². The molecule has 0 spiro atoms. The van der Waals surface area contributed by atoms with E-state index in [0.717, 1.165) is 5.56 Å². The van der Waals surface area contributed by atoms with Gasteiger partial charge >= 0.3 is 0 Å². The van der Waals surface area contributed by atoms with Crippen molar-refractivity contribution in [3.63, 3.8) is 0 Å². The topological polar surface area (TPSA) is 61.1 Å². The molecule has 0 aliphatic heterocycles. The third-order valence-electron chi connectivity index (χ3n) is 3.33. The number of rotatable bonds is 4. The highest BCUT2D eigenvalue weighted by Crippen LogP contribution is 2.24. The zero-order valence-corrected chi connectivity index (χ0v) is 12.9. The molecule has 21 heavy (non-hydrogen) atoms. The van der Waals surface area contributed by atoms with Crippen LogP contribution >= 0.6 is 0 Å². The molecule has 0 radical (unpaired) electrons. The molecule has 1 unspecified atom stereocenters. The van der Waals surface area contributed by atoms with Crippen molar-refractivity contribution in [2.24, 2.45) is 0 Å². The third-order valence-corrected chi connectivity index (χ3v) is 4.95. The molecular weight excluding hydrogens is 282 g/mol. The van der Waals surface area contributed by atoms with Crippen molar-refractivity contribution in [1.82, 2.24) is 0 Å². The minimum absolute atomic E-state index is 0.113. The Morgan fingerprint density at radius 3 is 2.24 bits per heavy atom. The van der Waals surface area contributed by atoms with Gasteiger partial charge in [-0.2, -0.15) is 5.26 Å². The molecule has 4 heteroatoms. The molecule has 0 saturated carbocycles. The summed E-state index contributed by atoms with van der Waals surface area (Å²) in [4.78, 5) is 0.703. The number of aliphatic hydroxyl groups is 1. The molecule has 0 heterocycles. The average molecular weight is 299 g/mol. The first-order chi connectivity index (χ1) is 9.92. The predicted molar refractivity (Wildman–Crippen MR) is 83.2 cm³/mol. The monoisotopic (exact) mass is 299 g/mol. The smallest absolute Gasteiger partial charge is 0.0991 e. The molecule has 0 bridgehead atoms. The standard InChI is InChI=1S/C17H17NO2S/c1-13-3-9-16(10-4-13)21(20)12-17(2,19)15-7-5-14(11-18)6-8-15/h3-10,19H,12H2,1-2H3/t17-,21?/m1/s1. The van der Waals surface area contributed by atoms with Crippen LogP contribution in [0.3, 0.4) is 0 Å². The number of aryl methyl sites for hydroxylation is 1. The van der Waals surface area contributed by atoms with E-state index < -0.39 is 16.4 Å². The molecule has 0 aliphatic rings. The van der Waals surface area contributed by atoms with Gasteiger partial charge in [0.15, 0.2) is 0 Å². The molecule has 0 amide bonds. The van der Waals surface area contributed by atoms with Crippen LogP contribution in [0.2, 0.25) is 0 Å². The summed E-state index contributed by atoms with van der Waals surface area (Å²) in [6.07, 6.45) is 0. The maximum absolute atomic E-state index is 12.4. The van der Waals surface area contributed by atoms with Gasteiger partial charge in [-0.15, -0.1) is 0 Å². The van der Waals surface area contributed by atoms with E-state index in [0.29, 0.717) is 16.0 Å². The van der Waals surface area contributed by atoms with Crippen LogP contribution in [0.15, 0.2) is 53.4 Å². The molecule has 0 saturated heterocycles. The Labute approximate surface area is 127 Å². The maximum atomic E-state index is 12.4. The molecule has 2 aromatic carbocycles. The predicted octanol–water partition coefficient (Wildman–Crippen LogP) is 2.88. The highest BCUT2D eigenvalue weighted by atomic mass is 32.2. The third kappa shape index (κ3) is 3.78.